The van der Waals surface area contributed by atoms with Crippen LogP contribution in [0.3, 0.4) is 0 Å². The van der Waals surface area contributed by atoms with E-state index in [1.54, 1.807) is 130 Å². The molecule has 0 unspecified atom stereocenters. The van der Waals surface area contributed by atoms with E-state index in [1.165, 1.54) is 57.9 Å². The fourth-order valence-corrected chi connectivity index (χ4v) is 23.5. The number of nitrogens with one attached hydrogen (secondary N) is 2. The molecule has 758 valence electrons. The van der Waals surface area contributed by atoms with Crippen molar-refractivity contribution in [2.24, 2.45) is 53.6 Å². The number of rotatable bonds is 22. The van der Waals surface area contributed by atoms with E-state index in [1.807, 2.05) is 173 Å². The van der Waals surface area contributed by atoms with Crippen LogP contribution in [0.25, 0.3) is 54.6 Å². The molecule has 12 N–H and O–H groups in total. The van der Waals surface area contributed by atoms with Crippen LogP contribution in [-0.4, -0.2) is 168 Å². The second-order valence-electron chi connectivity index (χ2n) is 37.8. The van der Waals surface area contributed by atoms with Crippen LogP contribution in [0.15, 0.2) is 316 Å². The van der Waals surface area contributed by atoms with Crippen molar-refractivity contribution in [3.8, 4) is 50.3 Å². The molecule has 0 radical (unpaired) electrons. The summed E-state index contributed by atoms with van der Waals surface area (Å²) in [6, 6.07) is 69.6. The summed E-state index contributed by atoms with van der Waals surface area (Å²) in [4.78, 5) is 124. The van der Waals surface area contributed by atoms with E-state index in [4.69, 9.17) is 48.4 Å². The number of aromatic nitrogens is 3. The van der Waals surface area contributed by atoms with Crippen LogP contribution < -0.4 is 44.0 Å². The Morgan fingerprint density at radius 3 is 1.43 bits per heavy atom. The molecule has 147 heavy (non-hydrogen) atoms. The number of aliphatic imine (C=N–C) groups is 5. The van der Waals surface area contributed by atoms with Crippen molar-refractivity contribution in [1.82, 2.24) is 44.8 Å². The van der Waals surface area contributed by atoms with Crippen LogP contribution >= 0.6 is 77.2 Å². The number of halogens is 2. The summed E-state index contributed by atoms with van der Waals surface area (Å²) in [5.74, 6) is 1.43. The summed E-state index contributed by atoms with van der Waals surface area (Å²) in [5.41, 5.74) is 41.9. The number of carbonyl (C=O) groups excluding carboxylic acids is 6. The highest BCUT2D eigenvalue weighted by atomic mass is 79.9. The molecular formula is C111H116Br2N20O9S5. The molecule has 7 amide bonds. The van der Waals surface area contributed by atoms with Gasteiger partial charge >= 0.3 is 6.03 Å². The predicted octanol–water partition coefficient (Wildman–Crippen LogP) is 20.2. The fraction of sp³-hybridized carbons (Fsp3) is 0.261. The number of fused-ring (bicyclic) bond motifs is 1. The summed E-state index contributed by atoms with van der Waals surface area (Å²) in [6.45, 7) is 17.4. The number of nitrogens with two attached hydrogens (primary N) is 5. The van der Waals surface area contributed by atoms with Crippen molar-refractivity contribution in [2.75, 3.05) is 60.0 Å². The number of sulfone groups is 1. The zero-order chi connectivity index (χ0) is 105. The SMILES string of the molecule is CC(C)c1ccc([C@@H]2C(=O)N(C)C(N)=N[C@]2(C)c2cc(-c3cncc(Br)c3)cs2)cc1.CC(C)c1ccc([C@H]2C(=O)N(C)C(N)=N[C@]2(C)c2cc(-c3cncc(Br)c3)cs2)cc1.CN1C(=O)C[C@@](C)(c2cc(-c3cccc(S(C)(=O)=O)c3)cs2)N=C1N.CN1C(=O)C[C@@](C)(c2ccc3scc(-c4cccnc4)c3c2)N=C1N.COc1ccc(NC(=O)NCCCCN2C(=O)C(c3ccccc3)(c3ccccc3)N=C2N)cc1. The van der Waals surface area contributed by atoms with Gasteiger partial charge < -0.3 is 44.0 Å². The number of guanidine groups is 5. The number of methoxy groups -OCH3 is 1. The largest absolute Gasteiger partial charge is 0.497 e. The zero-order valence-corrected chi connectivity index (χ0v) is 91.0. The van der Waals surface area contributed by atoms with Crippen LogP contribution in [-0.2, 0) is 61.5 Å². The first kappa shape index (κ1) is 107. The van der Waals surface area contributed by atoms with Gasteiger partial charge in [0.2, 0.25) is 23.6 Å². The first-order valence-electron chi connectivity index (χ1n) is 47.4. The third-order valence-electron chi connectivity index (χ3n) is 26.8. The molecule has 12 heterocycles. The van der Waals surface area contributed by atoms with Gasteiger partial charge in [-0.25, -0.2) is 38.2 Å². The van der Waals surface area contributed by atoms with E-state index < -0.39 is 49.4 Å². The third-order valence-corrected chi connectivity index (χ3v) is 33.2. The van der Waals surface area contributed by atoms with Crippen LogP contribution in [0.2, 0.25) is 0 Å². The summed E-state index contributed by atoms with van der Waals surface area (Å²) in [7, 11) is 4.96. The maximum absolute atomic E-state index is 13.7. The normalized spacial score (nSPS) is 19.6. The average Bonchev–Trinajstić information content (AvgIpc) is 1.65. The van der Waals surface area contributed by atoms with Crippen molar-refractivity contribution in [3.63, 3.8) is 0 Å². The molecule has 29 nitrogen and oxygen atoms in total. The van der Waals surface area contributed by atoms with Gasteiger partial charge in [0.15, 0.2) is 45.2 Å². The van der Waals surface area contributed by atoms with Crippen molar-refractivity contribution >= 4 is 168 Å². The lowest BCUT2D eigenvalue weighted by Crippen LogP contribution is -2.52. The average molecular weight is 2190 g/mol. The first-order valence-corrected chi connectivity index (χ1v) is 54.4. The quantitative estimate of drug-likeness (QED) is 0.0310. The van der Waals surface area contributed by atoms with Gasteiger partial charge in [0.1, 0.15) is 22.4 Å². The maximum atomic E-state index is 13.7. The van der Waals surface area contributed by atoms with E-state index in [9.17, 15) is 37.2 Å². The molecule has 0 saturated carbocycles. The van der Waals surface area contributed by atoms with Crippen LogP contribution in [0.5, 0.6) is 5.75 Å². The Bertz CT molecular complexity index is 7290. The number of unbranched alkanes of at least 4 members (excludes halogenated alkanes) is 1. The molecule has 14 aromatic rings. The Balaban J connectivity index is 0.000000138. The number of pyridine rings is 3. The van der Waals surface area contributed by atoms with Crippen molar-refractivity contribution < 1.29 is 41.9 Å². The van der Waals surface area contributed by atoms with E-state index in [2.05, 4.69) is 166 Å². The zero-order valence-electron chi connectivity index (χ0n) is 83.8. The van der Waals surface area contributed by atoms with Crippen molar-refractivity contribution in [1.29, 1.82) is 0 Å². The number of urea groups is 1. The number of carbonyl (C=O) groups is 6. The Morgan fingerprint density at radius 2 is 0.946 bits per heavy atom. The number of nitrogens with zero attached hydrogens (tertiary/aromatic N) is 13. The maximum Gasteiger partial charge on any atom is 0.319 e. The Labute approximate surface area is 888 Å². The monoisotopic (exact) mass is 2190 g/mol. The molecule has 7 aromatic carbocycles. The third kappa shape index (κ3) is 23.4. The molecule has 19 rings (SSSR count). The summed E-state index contributed by atoms with van der Waals surface area (Å²) >= 11 is 13.3. The van der Waals surface area contributed by atoms with E-state index in [-0.39, 0.29) is 76.7 Å². The number of ether oxygens (including phenoxy) is 1. The molecule has 0 spiro atoms. The highest BCUT2D eigenvalue weighted by Gasteiger charge is 2.53. The molecule has 7 aromatic heterocycles. The Hall–Kier alpha value is -14.3. The highest BCUT2D eigenvalue weighted by Crippen LogP contribution is 2.51. The van der Waals surface area contributed by atoms with Crippen LogP contribution in [0.1, 0.15) is 158 Å². The minimum atomic E-state index is -3.26. The van der Waals surface area contributed by atoms with Gasteiger partial charge in [-0.05, 0) is 252 Å². The van der Waals surface area contributed by atoms with E-state index in [0.29, 0.717) is 49.9 Å². The predicted molar refractivity (Wildman–Crippen MR) is 597 cm³/mol. The first-order chi connectivity index (χ1) is 70.0. The van der Waals surface area contributed by atoms with Gasteiger partial charge in [-0.2, -0.15) is 0 Å². The van der Waals surface area contributed by atoms with Crippen molar-refractivity contribution in [3.05, 3.63) is 340 Å². The topological polar surface area (TPSA) is 417 Å². The molecule has 0 saturated heterocycles. The van der Waals surface area contributed by atoms with Gasteiger partial charge in [0.05, 0.1) is 42.2 Å². The number of thiophene rings is 4. The molecular weight excluding hydrogens is 2080 g/mol. The van der Waals surface area contributed by atoms with Gasteiger partial charge in [0, 0.05) is 146 Å². The highest BCUT2D eigenvalue weighted by molar-refractivity contribution is 9.10. The summed E-state index contributed by atoms with van der Waals surface area (Å²) < 4.78 is 31.7. The lowest BCUT2D eigenvalue weighted by atomic mass is 9.77. The molecule has 0 bridgehead atoms. The number of hydrogen-bond acceptors (Lipinski definition) is 26. The molecule has 0 aliphatic carbocycles. The van der Waals surface area contributed by atoms with E-state index in [0.717, 1.165) is 107 Å². The number of amides is 7. The smallest absolute Gasteiger partial charge is 0.319 e. The van der Waals surface area contributed by atoms with Crippen LogP contribution in [0, 0.1) is 0 Å². The van der Waals surface area contributed by atoms with Gasteiger partial charge in [-0.3, -0.25) is 63.4 Å². The number of benzene rings is 7. The molecule has 36 heteroatoms. The lowest BCUT2D eigenvalue weighted by molar-refractivity contribution is -0.131. The van der Waals surface area contributed by atoms with E-state index >= 15 is 0 Å². The van der Waals surface area contributed by atoms with Gasteiger partial charge in [-0.15, -0.1) is 45.3 Å². The van der Waals surface area contributed by atoms with Gasteiger partial charge in [0.25, 0.3) is 5.91 Å². The Kier molecular flexibility index (Phi) is 32.7. The van der Waals surface area contributed by atoms with Gasteiger partial charge in [-0.1, -0.05) is 161 Å². The second-order valence-corrected chi connectivity index (χ2v) is 45.2. The lowest BCUT2D eigenvalue weighted by Gasteiger charge is -2.40. The molecule has 0 fully saturated rings. The minimum Gasteiger partial charge on any atom is -0.497 e. The Morgan fingerprint density at radius 1 is 0.469 bits per heavy atom. The minimum absolute atomic E-state index is 0.0205. The molecule has 5 aliphatic rings. The number of hydrogen-bond donors (Lipinski definition) is 7. The second kappa shape index (κ2) is 45.0. The number of likely N-dealkylation sites (N-methyl/N-ethyl adjacent to an activating group) is 2. The fourth-order valence-electron chi connectivity index (χ4n) is 18.0. The van der Waals surface area contributed by atoms with Crippen LogP contribution in [0.4, 0.5) is 10.5 Å². The number of anilines is 1. The molecule has 5 aliphatic heterocycles. The summed E-state index contributed by atoms with van der Waals surface area (Å²) in [5, 5.41) is 15.0. The molecule has 6 atom stereocenters. The standard InChI is InChI=1S/C27H29N5O3.2C24H25BrN4OS.C19H18N4OS.C17H19N3O3S2/c1-35-23-16-14-22(15-17-23)30-26(34)29-18-8-9-19-32-24(33)27(31-25(32)28,20-10-4-2-5-11-20)21-12-6-3-7-13-21;2*1-14(2)15-5-7-16(8-6-15)21-22(30)29(4)23(26)28-24(21,3)20-10-18(13-31-20)17-9-19(25)12-27-11-17;1-19(9-17(24)23(2)18(20)22-19)13-5-6-16-14(8-13)15(11-25-16)12-4-3-7-21-10-12;1-17(9-15(21)20(2)16(18)19-17)14-8-12(10-24-14)11-5-4-6-13(7-11)25(3,22)23/h2-7,10-17H,8-9,18-19H2,1H3,(H2,28,31)(H2,29,30,34);2*5-14,21H,1-4H3,(H2,26,28);3-8,10-11H,9H2,1-2H3,(H2,20,22);4-8,10H,9H2,1-3H3,(H2,18,19)/t;21-,24+;21-,24-;19-;17-/m.0100/s1. The summed E-state index contributed by atoms with van der Waals surface area (Å²) in [6.07, 6.45) is 13.9. The van der Waals surface area contributed by atoms with Crippen molar-refractivity contribution in [2.45, 2.75) is 137 Å².